The molecule has 1 aliphatic rings. The van der Waals surface area contributed by atoms with Gasteiger partial charge in [-0.2, -0.15) is 18.3 Å². The second kappa shape index (κ2) is 6.70. The number of anilines is 1. The number of rotatable bonds is 3. The van der Waals surface area contributed by atoms with E-state index < -0.39 is 35.0 Å². The number of nitrogens with zero attached hydrogens (tertiary/aromatic N) is 2. The normalized spacial score (nSPS) is 16.4. The van der Waals surface area contributed by atoms with Gasteiger partial charge in [0, 0.05) is 26.2 Å². The van der Waals surface area contributed by atoms with Gasteiger partial charge in [-0.05, 0) is 30.7 Å². The highest BCUT2D eigenvalue weighted by Gasteiger charge is 2.39. The van der Waals surface area contributed by atoms with E-state index in [2.05, 4.69) is 10.4 Å². The van der Waals surface area contributed by atoms with E-state index in [0.29, 0.717) is 0 Å². The maximum Gasteiger partial charge on any atom is 0.416 e. The van der Waals surface area contributed by atoms with Crippen LogP contribution in [0.25, 0.3) is 5.69 Å². The molecular weight excluding hydrogens is 379 g/mol. The van der Waals surface area contributed by atoms with Crippen LogP contribution < -0.4 is 5.32 Å². The standard InChI is InChI=1S/C18H16F3N3O4/c1-10-7-23-24(9-10)14-5-4-11(18(19,20)21)6-13(14)22-8-12-15(25)27-17(2,3)28-16(12)26/h4-9,22H,1-3H3. The van der Waals surface area contributed by atoms with Crippen LogP contribution in [0.1, 0.15) is 25.0 Å². The first-order chi connectivity index (χ1) is 13.0. The Bertz CT molecular complexity index is 955. The van der Waals surface area contributed by atoms with Gasteiger partial charge in [-0.1, -0.05) is 0 Å². The van der Waals surface area contributed by atoms with Gasteiger partial charge in [0.15, 0.2) is 5.57 Å². The highest BCUT2D eigenvalue weighted by atomic mass is 19.4. The molecule has 0 spiro atoms. The number of aryl methyl sites for hydroxylation is 1. The van der Waals surface area contributed by atoms with Gasteiger partial charge < -0.3 is 14.8 Å². The second-order valence-electron chi connectivity index (χ2n) is 6.57. The Morgan fingerprint density at radius 2 is 1.82 bits per heavy atom. The Morgan fingerprint density at radius 1 is 1.18 bits per heavy atom. The van der Waals surface area contributed by atoms with Gasteiger partial charge in [0.2, 0.25) is 0 Å². The molecule has 0 radical (unpaired) electrons. The lowest BCUT2D eigenvalue weighted by molar-refractivity contribution is -0.222. The predicted molar refractivity (Wildman–Crippen MR) is 91.3 cm³/mol. The number of hydrogen-bond acceptors (Lipinski definition) is 6. The lowest BCUT2D eigenvalue weighted by Gasteiger charge is -2.29. The topological polar surface area (TPSA) is 82.5 Å². The maximum atomic E-state index is 13.1. The Hall–Kier alpha value is -3.30. The Kier molecular flexibility index (Phi) is 4.66. The number of aromatic nitrogens is 2. The lowest BCUT2D eigenvalue weighted by Crippen LogP contribution is -2.42. The SMILES string of the molecule is Cc1cnn(-c2ccc(C(F)(F)F)cc2NC=C2C(=O)OC(C)(C)OC2=O)c1. The zero-order valence-electron chi connectivity index (χ0n) is 15.1. The van der Waals surface area contributed by atoms with E-state index in [1.54, 1.807) is 13.1 Å². The second-order valence-corrected chi connectivity index (χ2v) is 6.57. The average Bonchev–Trinajstić information content (AvgIpc) is 2.98. The van der Waals surface area contributed by atoms with Crippen molar-refractivity contribution in [2.75, 3.05) is 5.32 Å². The van der Waals surface area contributed by atoms with Crippen molar-refractivity contribution < 1.29 is 32.2 Å². The molecule has 0 amide bonds. The summed E-state index contributed by atoms with van der Waals surface area (Å²) in [5.74, 6) is -3.31. The summed E-state index contributed by atoms with van der Waals surface area (Å²) in [5, 5.41) is 6.64. The molecule has 1 aromatic carbocycles. The van der Waals surface area contributed by atoms with Crippen molar-refractivity contribution in [1.29, 1.82) is 0 Å². The molecule has 1 aromatic heterocycles. The van der Waals surface area contributed by atoms with Crippen LogP contribution >= 0.6 is 0 Å². The predicted octanol–water partition coefficient (Wildman–Crippen LogP) is 3.33. The molecule has 10 heteroatoms. The van der Waals surface area contributed by atoms with Crippen molar-refractivity contribution in [3.8, 4) is 5.69 Å². The average molecular weight is 395 g/mol. The van der Waals surface area contributed by atoms with Crippen molar-refractivity contribution in [2.24, 2.45) is 0 Å². The fourth-order valence-corrected chi connectivity index (χ4v) is 2.50. The van der Waals surface area contributed by atoms with E-state index in [1.807, 2.05) is 0 Å². The molecule has 0 bridgehead atoms. The number of halogens is 3. The van der Waals surface area contributed by atoms with Crippen LogP contribution in [0.3, 0.4) is 0 Å². The zero-order valence-corrected chi connectivity index (χ0v) is 15.1. The van der Waals surface area contributed by atoms with Crippen LogP contribution in [-0.4, -0.2) is 27.5 Å². The largest absolute Gasteiger partial charge is 0.419 e. The van der Waals surface area contributed by atoms with E-state index >= 15 is 0 Å². The van der Waals surface area contributed by atoms with Crippen LogP contribution in [0.4, 0.5) is 18.9 Å². The molecule has 0 aliphatic carbocycles. The van der Waals surface area contributed by atoms with Gasteiger partial charge in [0.05, 0.1) is 23.1 Å². The van der Waals surface area contributed by atoms with Crippen molar-refractivity contribution in [2.45, 2.75) is 32.7 Å². The highest BCUT2D eigenvalue weighted by molar-refractivity contribution is 6.15. The van der Waals surface area contributed by atoms with Crippen molar-refractivity contribution in [3.63, 3.8) is 0 Å². The van der Waals surface area contributed by atoms with Gasteiger partial charge in [0.25, 0.3) is 5.79 Å². The molecule has 1 saturated heterocycles. The van der Waals surface area contributed by atoms with Gasteiger partial charge in [-0.3, -0.25) is 0 Å². The molecule has 1 N–H and O–H groups in total. The Morgan fingerprint density at radius 3 is 2.36 bits per heavy atom. The molecule has 2 aromatic rings. The van der Waals surface area contributed by atoms with Gasteiger partial charge in [-0.15, -0.1) is 0 Å². The van der Waals surface area contributed by atoms with Crippen LogP contribution in [0, 0.1) is 6.92 Å². The number of carbonyl (C=O) groups excluding carboxylic acids is 2. The molecular formula is C18H16F3N3O4. The third kappa shape index (κ3) is 4.00. The summed E-state index contributed by atoms with van der Waals surface area (Å²) in [5.41, 5.74) is -0.312. The minimum Gasteiger partial charge on any atom is -0.419 e. The Labute approximate surface area is 157 Å². The van der Waals surface area contributed by atoms with Crippen LogP contribution in [0.2, 0.25) is 0 Å². The minimum absolute atomic E-state index is 0.0177. The quantitative estimate of drug-likeness (QED) is 0.488. The summed E-state index contributed by atoms with van der Waals surface area (Å²) in [6.45, 7) is 4.55. The van der Waals surface area contributed by atoms with E-state index in [1.165, 1.54) is 30.8 Å². The van der Waals surface area contributed by atoms with Crippen LogP contribution in [-0.2, 0) is 25.2 Å². The summed E-state index contributed by atoms with van der Waals surface area (Å²) in [7, 11) is 0. The molecule has 7 nitrogen and oxygen atoms in total. The number of esters is 2. The van der Waals surface area contributed by atoms with Crippen LogP contribution in [0.5, 0.6) is 0 Å². The fourth-order valence-electron chi connectivity index (χ4n) is 2.50. The lowest BCUT2D eigenvalue weighted by atomic mass is 10.1. The summed E-state index contributed by atoms with van der Waals surface area (Å²) < 4.78 is 50.6. The molecule has 0 unspecified atom stereocenters. The molecule has 3 rings (SSSR count). The van der Waals surface area contributed by atoms with E-state index in [9.17, 15) is 22.8 Å². The number of benzene rings is 1. The maximum absolute atomic E-state index is 13.1. The van der Waals surface area contributed by atoms with Gasteiger partial charge >= 0.3 is 18.1 Å². The monoisotopic (exact) mass is 395 g/mol. The van der Waals surface area contributed by atoms with Gasteiger partial charge in [0.1, 0.15) is 0 Å². The fraction of sp³-hybridized carbons (Fsp3) is 0.278. The number of alkyl halides is 3. The third-order valence-electron chi connectivity index (χ3n) is 3.77. The molecule has 0 atom stereocenters. The first-order valence-corrected chi connectivity index (χ1v) is 8.12. The van der Waals surface area contributed by atoms with E-state index in [-0.39, 0.29) is 11.4 Å². The number of cyclic esters (lactones) is 2. The molecule has 28 heavy (non-hydrogen) atoms. The number of carbonyl (C=O) groups is 2. The summed E-state index contributed by atoms with van der Waals surface area (Å²) in [6, 6.07) is 3.00. The molecule has 0 saturated carbocycles. The molecule has 1 fully saturated rings. The van der Waals surface area contributed by atoms with Crippen molar-refractivity contribution in [1.82, 2.24) is 9.78 Å². The van der Waals surface area contributed by atoms with Crippen molar-refractivity contribution in [3.05, 3.63) is 53.5 Å². The van der Waals surface area contributed by atoms with Crippen molar-refractivity contribution >= 4 is 17.6 Å². The van der Waals surface area contributed by atoms with Gasteiger partial charge in [-0.25, -0.2) is 14.3 Å². The van der Waals surface area contributed by atoms with Crippen LogP contribution in [0.15, 0.2) is 42.4 Å². The number of nitrogens with one attached hydrogen (secondary N) is 1. The molecule has 148 valence electrons. The first kappa shape index (κ1) is 19.5. The summed E-state index contributed by atoms with van der Waals surface area (Å²) >= 11 is 0. The Balaban J connectivity index is 2.00. The highest BCUT2D eigenvalue weighted by Crippen LogP contribution is 2.33. The minimum atomic E-state index is -4.57. The smallest absolute Gasteiger partial charge is 0.416 e. The summed E-state index contributed by atoms with van der Waals surface area (Å²) in [6.07, 6.45) is -0.464. The first-order valence-electron chi connectivity index (χ1n) is 8.12. The zero-order chi connectivity index (χ0) is 20.7. The number of ether oxygens (including phenoxy) is 2. The van der Waals surface area contributed by atoms with E-state index in [4.69, 9.17) is 9.47 Å². The molecule has 1 aliphatic heterocycles. The third-order valence-corrected chi connectivity index (χ3v) is 3.77. The molecule has 2 heterocycles. The van der Waals surface area contributed by atoms with E-state index in [0.717, 1.165) is 23.9 Å². The number of hydrogen-bond donors (Lipinski definition) is 1. The summed E-state index contributed by atoms with van der Waals surface area (Å²) in [4.78, 5) is 24.0.